The number of hydrogen-bond donors (Lipinski definition) is 7. The van der Waals surface area contributed by atoms with Gasteiger partial charge in [-0.05, 0) is 210 Å². The number of aromatic nitrogens is 1. The maximum atomic E-state index is 9.25. The van der Waals surface area contributed by atoms with Gasteiger partial charge in [0, 0.05) is 51.6 Å². The van der Waals surface area contributed by atoms with Crippen LogP contribution in [0.5, 0.6) is 23.0 Å². The lowest BCUT2D eigenvalue weighted by atomic mass is 10.0. The van der Waals surface area contributed by atoms with Crippen LogP contribution in [-0.2, 0) is 43.3 Å². The van der Waals surface area contributed by atoms with Crippen molar-refractivity contribution in [1.82, 2.24) is 4.98 Å². The Morgan fingerprint density at radius 2 is 0.546 bits per heavy atom. The molecule has 26 heteroatoms. The number of unbranched alkanes of at least 4 members (excludes halogenated alkanes) is 25. The van der Waals surface area contributed by atoms with Crippen LogP contribution in [0.2, 0.25) is 0 Å². The molecule has 0 radical (unpaired) electrons. The summed E-state index contributed by atoms with van der Waals surface area (Å²) < 4.78 is 22.7. The van der Waals surface area contributed by atoms with Crippen LogP contribution in [0.3, 0.4) is 0 Å². The van der Waals surface area contributed by atoms with Crippen molar-refractivity contribution in [3.05, 3.63) is 191 Å². The van der Waals surface area contributed by atoms with Gasteiger partial charge in [-0.25, -0.2) is 0 Å². The summed E-state index contributed by atoms with van der Waals surface area (Å²) in [5, 5.41) is 10.6. The van der Waals surface area contributed by atoms with E-state index in [-0.39, 0.29) is 99.7 Å². The second-order valence-electron chi connectivity index (χ2n) is 39.6. The number of methoxy groups -OCH3 is 1. The minimum absolute atomic E-state index is 0. The van der Waals surface area contributed by atoms with Gasteiger partial charge in [0.15, 0.2) is 6.79 Å². The first kappa shape index (κ1) is 179. The Morgan fingerprint density at radius 3 is 0.830 bits per heavy atom. The number of phenols is 1. The summed E-state index contributed by atoms with van der Waals surface area (Å²) >= 11 is 26.5. The van der Waals surface area contributed by atoms with E-state index in [1.54, 1.807) is 13.2 Å². The fraction of sp³-hybridized carbons (Fsp3) is 0.661. The number of ether oxygens (including phenoxy) is 4. The molecular weight excluding hydrogens is 1910 g/mol. The van der Waals surface area contributed by atoms with Crippen LogP contribution >= 0.6 is 87.5 Å². The zero-order valence-electron chi connectivity index (χ0n) is 94.5. The molecule has 19 nitrogen and oxygen atoms in total. The first-order valence-corrected chi connectivity index (χ1v) is 53.7. The SMILES string of the molecule is CC(C)(C)S.CC(C)(C)S.CC(C)(C)S.CC(C)(C)S.CC(C)(C)S.CC(C)(C)S.CCCCCCCc1cc(C)nc2ccccc12.CCCCCCCc1ccc(SC)cc1.CCCCCCCc1cccc(O)c1.CCCCCCCc1cccc(OCC)c1.CCCCCCCc1cccc(OCCCC)c1.CCCCCCCc1cccc(OCOC)c1.O.O.O.O.O.O.O.O.O.O.O.O.O. The third-order valence-electron chi connectivity index (χ3n) is 17.5. The lowest BCUT2D eigenvalue weighted by Gasteiger charge is -2.07. The van der Waals surface area contributed by atoms with E-state index in [4.69, 9.17) is 18.9 Å². The number of aryl methyl sites for hydroxylation is 7. The van der Waals surface area contributed by atoms with Gasteiger partial charge in [-0.2, -0.15) is 75.8 Å². The second-order valence-corrected chi connectivity index (χ2v) is 48.5. The average Bonchev–Trinajstić information content (AvgIpc) is 0.816. The van der Waals surface area contributed by atoms with Crippen LogP contribution in [0.1, 0.15) is 425 Å². The van der Waals surface area contributed by atoms with Crippen LogP contribution < -0.4 is 14.2 Å². The van der Waals surface area contributed by atoms with Crippen LogP contribution in [-0.4, -0.2) is 143 Å². The van der Waals surface area contributed by atoms with Crippen LogP contribution in [0, 0.1) is 6.92 Å². The van der Waals surface area contributed by atoms with E-state index in [0.717, 1.165) is 60.9 Å². The molecule has 0 bridgehead atoms. The summed E-state index contributed by atoms with van der Waals surface area (Å²) in [6, 6.07) is 52.7. The van der Waals surface area contributed by atoms with E-state index in [1.165, 1.54) is 268 Å². The predicted octanol–water partition coefficient (Wildman–Crippen LogP) is 27.6. The molecule has 0 fully saturated rings. The van der Waals surface area contributed by atoms with E-state index < -0.39 is 0 Å². The van der Waals surface area contributed by atoms with Gasteiger partial charge in [-0.15, -0.1) is 11.8 Å². The maximum absolute atomic E-state index is 9.25. The number of aromatic hydroxyl groups is 1. The smallest absolute Gasteiger partial charge is 0.188 e. The zero-order valence-corrected chi connectivity index (χ0v) is 101. The van der Waals surface area contributed by atoms with Crippen molar-refractivity contribution in [2.75, 3.05) is 33.4 Å². The van der Waals surface area contributed by atoms with Gasteiger partial charge in [-0.3, -0.25) is 4.98 Å². The molecule has 0 atom stereocenters. The number of fused-ring (bicyclic) bond motifs is 1. The molecule has 7 aromatic rings. The fourth-order valence-electron chi connectivity index (χ4n) is 11.7. The summed E-state index contributed by atoms with van der Waals surface area (Å²) in [7, 11) is 1.64. The number of hydrogen-bond acceptors (Lipinski definition) is 13. The molecule has 1 heterocycles. The Kier molecular flexibility index (Phi) is 147. The summed E-state index contributed by atoms with van der Waals surface area (Å²) in [6.45, 7) is 58.7. The number of pyridine rings is 1. The third-order valence-corrected chi connectivity index (χ3v) is 18.3. The summed E-state index contributed by atoms with van der Waals surface area (Å²) in [4.78, 5) is 5.96. The number of nitrogens with zero attached hydrogens (tertiary/aromatic N) is 1. The molecule has 0 saturated heterocycles. The topological polar surface area (TPSA) is 480 Å². The fourth-order valence-corrected chi connectivity index (χ4v) is 12.1. The Labute approximate surface area is 903 Å². The number of benzene rings is 6. The van der Waals surface area contributed by atoms with Gasteiger partial charge in [-0.1, -0.05) is 412 Å². The summed E-state index contributed by atoms with van der Waals surface area (Å²) in [5.41, 5.74) is 10.7. The average molecular weight is 2140 g/mol. The van der Waals surface area contributed by atoms with E-state index in [0.29, 0.717) is 12.5 Å². The Morgan fingerprint density at radius 1 is 0.284 bits per heavy atom. The van der Waals surface area contributed by atoms with Gasteiger partial charge < -0.3 is 95.2 Å². The summed E-state index contributed by atoms with van der Waals surface area (Å²) in [5.74, 6) is 3.33. The van der Waals surface area contributed by atoms with Crippen LogP contribution in [0.25, 0.3) is 10.9 Å². The number of para-hydroxylation sites is 1. The minimum Gasteiger partial charge on any atom is -0.508 e. The van der Waals surface area contributed by atoms with Crippen LogP contribution in [0.4, 0.5) is 0 Å². The third kappa shape index (κ3) is 156. The molecule has 0 saturated carbocycles. The highest BCUT2D eigenvalue weighted by molar-refractivity contribution is 7.98. The quantitative estimate of drug-likeness (QED) is 0.00836. The molecule has 6 aromatic carbocycles. The molecule has 0 aliphatic carbocycles. The maximum Gasteiger partial charge on any atom is 0.188 e. The van der Waals surface area contributed by atoms with Crippen molar-refractivity contribution in [3.8, 4) is 23.0 Å². The number of thiol groups is 6. The van der Waals surface area contributed by atoms with Crippen molar-refractivity contribution >= 4 is 98.4 Å². The molecule has 7 rings (SSSR count). The number of phenolic OH excluding ortho intramolecular Hbond substituents is 1. The zero-order chi connectivity index (χ0) is 98.0. The van der Waals surface area contributed by atoms with Gasteiger partial charge in [0.2, 0.25) is 0 Å². The van der Waals surface area contributed by atoms with Crippen molar-refractivity contribution < 1.29 is 95.2 Å². The Bertz CT molecular complexity index is 3460. The van der Waals surface area contributed by atoms with Gasteiger partial charge in [0.1, 0.15) is 23.0 Å². The monoisotopic (exact) mass is 2130 g/mol. The first-order valence-electron chi connectivity index (χ1n) is 49.8. The molecule has 0 aliphatic heterocycles. The van der Waals surface area contributed by atoms with Gasteiger partial charge in [0.25, 0.3) is 0 Å². The van der Waals surface area contributed by atoms with Crippen LogP contribution in [0.15, 0.2) is 157 Å². The molecule has 0 amide bonds. The molecule has 842 valence electrons. The van der Waals surface area contributed by atoms with E-state index in [9.17, 15) is 5.11 Å². The largest absolute Gasteiger partial charge is 0.508 e. The molecule has 0 aliphatic rings. The predicted molar refractivity (Wildman–Crippen MR) is 650 cm³/mol. The molecule has 0 unspecified atom stereocenters. The number of rotatable bonds is 46. The van der Waals surface area contributed by atoms with Crippen molar-refractivity contribution in [2.24, 2.45) is 0 Å². The summed E-state index contributed by atoms with van der Waals surface area (Å²) in [6.07, 6.45) is 51.7. The van der Waals surface area contributed by atoms with E-state index in [2.05, 4.69) is 382 Å². The Hall–Kier alpha value is -4.18. The highest BCUT2D eigenvalue weighted by atomic mass is 32.2. The standard InChI is InChI=1S/C17H23N.C17H28O.C15H24O2.C15H24O.C14H22S.C13H20O.6C4H10S.13H2O/c1-3-4-5-6-7-10-15-13-14(2)18-17-12-9-8-11-16(15)17;1-3-5-7-8-9-11-16-12-10-13-17(15-16)18-14-6-4-2;1-3-4-5-6-7-9-14-10-8-11-15(12-14)17-13-16-2;1-3-5-6-7-8-10-14-11-9-12-15(13-14)16-4-2;1-3-4-5-6-7-8-13-9-11-14(15-2)12-10-13;1-2-3-4-5-6-8-12-9-7-10-13(14)11-12;6*1-4(2,3)5;;;;;;;;;;;;;/h8-9,11-13H,3-7,10H2,1-2H3;10,12-13,15H,3-9,11,14H2,1-2H3;8,10-12H,3-7,9,13H2,1-2H3;9,11-13H,3-8,10H2,1-2H3;9-12H,3-8H2,1-2H3;7,9-11,14H,2-6,8H2,1H3;6*5H,1-3H3;13*1H2. The lowest BCUT2D eigenvalue weighted by molar-refractivity contribution is 0.0511. The molecule has 141 heavy (non-hydrogen) atoms. The normalized spacial score (nSPS) is 9.89. The highest BCUT2D eigenvalue weighted by Crippen LogP contribution is 2.25. The van der Waals surface area contributed by atoms with Crippen molar-refractivity contribution in [2.45, 2.75) is 464 Å². The van der Waals surface area contributed by atoms with Gasteiger partial charge in [0.05, 0.1) is 18.7 Å². The minimum atomic E-state index is 0. The second kappa shape index (κ2) is 116. The van der Waals surface area contributed by atoms with E-state index in [1.807, 2.05) is 49.0 Å². The molecule has 27 N–H and O–H groups in total. The van der Waals surface area contributed by atoms with E-state index >= 15 is 0 Å². The first-order chi connectivity index (χ1) is 60.1. The molecular formula is C115H227NO18S7. The van der Waals surface area contributed by atoms with Gasteiger partial charge >= 0.3 is 0 Å². The highest BCUT2D eigenvalue weighted by Gasteiger charge is 2.08. The molecule has 1 aromatic heterocycles. The lowest BCUT2D eigenvalue weighted by Crippen LogP contribution is -1.99. The Balaban J connectivity index is -0.0000000747. The number of thioether (sulfide) groups is 1. The van der Waals surface area contributed by atoms with Crippen molar-refractivity contribution in [3.63, 3.8) is 0 Å². The van der Waals surface area contributed by atoms with Crippen molar-refractivity contribution in [1.29, 1.82) is 0 Å². The molecule has 0 spiro atoms.